The maximum Gasteiger partial charge on any atom is 0.522 e. The fourth-order valence-electron chi connectivity index (χ4n) is 5.11. The van der Waals surface area contributed by atoms with Gasteiger partial charge in [-0.3, -0.25) is 9.53 Å². The van der Waals surface area contributed by atoms with Crippen LogP contribution < -0.4 is 5.32 Å². The van der Waals surface area contributed by atoms with E-state index in [4.69, 9.17) is 8.83 Å². The molecule has 168 valence electrons. The molecule has 1 N–H and O–H groups in total. The van der Waals surface area contributed by atoms with Gasteiger partial charge >= 0.3 is 12.3 Å². The van der Waals surface area contributed by atoms with Gasteiger partial charge in [0.05, 0.1) is 11.5 Å². The van der Waals surface area contributed by atoms with Gasteiger partial charge in [0, 0.05) is 17.5 Å². The molecular formula is C20H16F4N4O4. The lowest BCUT2D eigenvalue weighted by atomic mass is 9.39. The van der Waals surface area contributed by atoms with Crippen LogP contribution >= 0.6 is 0 Å². The summed E-state index contributed by atoms with van der Waals surface area (Å²) in [5.41, 5.74) is -0.154. The van der Waals surface area contributed by atoms with Crippen LogP contribution in [0.5, 0.6) is 0 Å². The number of halogens is 4. The van der Waals surface area contributed by atoms with Crippen molar-refractivity contribution in [2.24, 2.45) is 0 Å². The van der Waals surface area contributed by atoms with Crippen LogP contribution in [0, 0.1) is 5.82 Å². The highest BCUT2D eigenvalue weighted by Crippen LogP contribution is 2.67. The summed E-state index contributed by atoms with van der Waals surface area (Å²) < 4.78 is 65.2. The molecular weight excluding hydrogens is 436 g/mol. The molecule has 32 heavy (non-hydrogen) atoms. The average Bonchev–Trinajstić information content (AvgIpc) is 3.25. The maximum atomic E-state index is 13.3. The summed E-state index contributed by atoms with van der Waals surface area (Å²) in [5.74, 6) is -0.557. The number of nitrogens with zero attached hydrogens (tertiary/aromatic N) is 3. The van der Waals surface area contributed by atoms with Crippen LogP contribution in [0.3, 0.4) is 0 Å². The third-order valence-electron chi connectivity index (χ3n) is 6.59. The maximum absolute atomic E-state index is 13.3. The highest BCUT2D eigenvalue weighted by Gasteiger charge is 2.72. The van der Waals surface area contributed by atoms with Crippen molar-refractivity contribution in [1.29, 1.82) is 0 Å². The van der Waals surface area contributed by atoms with E-state index in [2.05, 4.69) is 25.2 Å². The van der Waals surface area contributed by atoms with Crippen molar-refractivity contribution in [2.75, 3.05) is 0 Å². The van der Waals surface area contributed by atoms with Crippen molar-refractivity contribution >= 4 is 17.0 Å². The molecule has 0 saturated heterocycles. The number of hydrogen-bond acceptors (Lipinski definition) is 7. The number of carbonyl (C=O) groups excluding carboxylic acids is 1. The molecule has 0 radical (unpaired) electrons. The van der Waals surface area contributed by atoms with Gasteiger partial charge in [-0.05, 0) is 44.2 Å². The van der Waals surface area contributed by atoms with Crippen LogP contribution in [-0.2, 0) is 10.2 Å². The quantitative estimate of drug-likeness (QED) is 0.589. The zero-order chi connectivity index (χ0) is 22.3. The predicted molar refractivity (Wildman–Crippen MR) is 96.9 cm³/mol. The smallest absolute Gasteiger partial charge is 0.432 e. The van der Waals surface area contributed by atoms with Gasteiger partial charge in [-0.1, -0.05) is 0 Å². The molecule has 2 heterocycles. The largest absolute Gasteiger partial charge is 0.522 e. The Kier molecular flexibility index (Phi) is 3.85. The molecule has 4 aliphatic rings. The van der Waals surface area contributed by atoms with Gasteiger partial charge in [-0.2, -0.15) is 0 Å². The second-order valence-electron chi connectivity index (χ2n) is 8.98. The highest BCUT2D eigenvalue weighted by atomic mass is 19.4. The van der Waals surface area contributed by atoms with Crippen molar-refractivity contribution in [3.05, 3.63) is 41.7 Å². The van der Waals surface area contributed by atoms with Crippen LogP contribution in [0.25, 0.3) is 11.1 Å². The van der Waals surface area contributed by atoms with E-state index in [1.807, 2.05) is 0 Å². The number of oxazole rings is 1. The van der Waals surface area contributed by atoms with Crippen molar-refractivity contribution in [1.82, 2.24) is 20.5 Å². The molecule has 8 nitrogen and oxygen atoms in total. The number of carbonyl (C=O) groups is 1. The van der Waals surface area contributed by atoms with E-state index in [-0.39, 0.29) is 35.6 Å². The normalized spacial score (nSPS) is 31.0. The van der Waals surface area contributed by atoms with Crippen LogP contribution in [0.1, 0.15) is 60.5 Å². The number of aromatic nitrogens is 3. The number of ether oxygens (including phenoxy) is 1. The predicted octanol–water partition coefficient (Wildman–Crippen LogP) is 3.74. The van der Waals surface area contributed by atoms with E-state index in [0.717, 1.165) is 0 Å². The zero-order valence-corrected chi connectivity index (χ0v) is 16.4. The number of rotatable bonds is 5. The summed E-state index contributed by atoms with van der Waals surface area (Å²) in [4.78, 5) is 16.6. The van der Waals surface area contributed by atoms with E-state index < -0.39 is 29.7 Å². The fourth-order valence-corrected chi connectivity index (χ4v) is 5.11. The Balaban J connectivity index is 1.06. The van der Waals surface area contributed by atoms with Crippen LogP contribution in [0.15, 0.2) is 27.0 Å². The summed E-state index contributed by atoms with van der Waals surface area (Å²) in [6.45, 7) is 0. The molecule has 0 aliphatic heterocycles. The molecule has 1 aromatic carbocycles. The lowest BCUT2D eigenvalue weighted by molar-refractivity contribution is -0.352. The topological polar surface area (TPSA) is 103 Å². The first-order chi connectivity index (χ1) is 15.1. The van der Waals surface area contributed by atoms with Crippen molar-refractivity contribution in [3.63, 3.8) is 0 Å². The monoisotopic (exact) mass is 452 g/mol. The van der Waals surface area contributed by atoms with Gasteiger partial charge in [-0.15, -0.1) is 23.4 Å². The summed E-state index contributed by atoms with van der Waals surface area (Å²) in [7, 11) is 0. The van der Waals surface area contributed by atoms with Crippen molar-refractivity contribution < 1.29 is 35.9 Å². The molecule has 4 saturated carbocycles. The van der Waals surface area contributed by atoms with Gasteiger partial charge in [0.15, 0.2) is 5.58 Å². The number of amides is 1. The molecule has 0 spiro atoms. The molecule has 2 bridgehead atoms. The molecule has 4 aliphatic carbocycles. The van der Waals surface area contributed by atoms with Gasteiger partial charge in [0.1, 0.15) is 11.3 Å². The number of benzene rings is 1. The lowest BCUT2D eigenvalue weighted by Gasteiger charge is -2.68. The second kappa shape index (κ2) is 6.27. The Bertz CT molecular complexity index is 1210. The standard InChI is InChI=1S/C20H16F4N4O4/c21-10-1-2-13-12(5-10)25-16(30-13)14(29)26-19-6-18(7-19,8-19)17-28-27-15(31-17)9-3-11(4-9)32-20(22,23)24/h1-2,5,9,11H,3-4,6-8H2,(H,26,29)/t9-,11+,18?,19?. The van der Waals surface area contributed by atoms with Gasteiger partial charge < -0.3 is 14.2 Å². The minimum atomic E-state index is -4.64. The zero-order valence-electron chi connectivity index (χ0n) is 16.4. The number of hydrogen-bond donors (Lipinski definition) is 1. The molecule has 0 atom stereocenters. The van der Waals surface area contributed by atoms with Crippen LogP contribution in [-0.4, -0.2) is 39.1 Å². The molecule has 7 rings (SSSR count). The van der Waals surface area contributed by atoms with Gasteiger partial charge in [0.2, 0.25) is 11.8 Å². The first-order valence-corrected chi connectivity index (χ1v) is 10.1. The number of fused-ring (bicyclic) bond motifs is 1. The molecule has 1 amide bonds. The minimum absolute atomic E-state index is 0.134. The Morgan fingerprint density at radius 2 is 1.91 bits per heavy atom. The van der Waals surface area contributed by atoms with E-state index in [1.54, 1.807) is 0 Å². The number of nitrogens with one attached hydrogen (secondary N) is 1. The second-order valence-corrected chi connectivity index (χ2v) is 8.98. The van der Waals surface area contributed by atoms with E-state index in [9.17, 15) is 22.4 Å². The molecule has 3 aromatic rings. The van der Waals surface area contributed by atoms with E-state index >= 15 is 0 Å². The van der Waals surface area contributed by atoms with Crippen LogP contribution in [0.4, 0.5) is 17.6 Å². The fraction of sp³-hybridized carbons (Fsp3) is 0.500. The summed E-state index contributed by atoms with van der Waals surface area (Å²) in [5, 5.41) is 11.0. The minimum Gasteiger partial charge on any atom is -0.432 e. The molecule has 12 heteroatoms. The molecule has 0 unspecified atom stereocenters. The Morgan fingerprint density at radius 1 is 1.16 bits per heavy atom. The van der Waals surface area contributed by atoms with E-state index in [1.165, 1.54) is 18.2 Å². The Hall–Kier alpha value is -3.02. The van der Waals surface area contributed by atoms with Gasteiger partial charge in [-0.25, -0.2) is 9.37 Å². The highest BCUT2D eigenvalue weighted by molar-refractivity contribution is 5.93. The van der Waals surface area contributed by atoms with Gasteiger partial charge in [0.25, 0.3) is 5.89 Å². The third kappa shape index (κ3) is 3.07. The average molecular weight is 452 g/mol. The first-order valence-electron chi connectivity index (χ1n) is 10.1. The third-order valence-corrected chi connectivity index (χ3v) is 6.59. The van der Waals surface area contributed by atoms with Crippen molar-refractivity contribution in [2.45, 2.75) is 61.4 Å². The Labute approximate surface area is 177 Å². The van der Waals surface area contributed by atoms with Crippen molar-refractivity contribution in [3.8, 4) is 0 Å². The number of alkyl halides is 3. The lowest BCUT2D eigenvalue weighted by Crippen LogP contribution is -2.76. The van der Waals surface area contributed by atoms with Crippen LogP contribution in [0.2, 0.25) is 0 Å². The summed E-state index contributed by atoms with van der Waals surface area (Å²) >= 11 is 0. The molecule has 2 aromatic heterocycles. The first kappa shape index (κ1) is 19.6. The molecule has 4 fully saturated rings. The SMILES string of the molecule is O=C(NC12CC(c3nnc([C@H]4C[C@@H](OC(F)(F)F)C4)o3)(C1)C2)c1nc2cc(F)ccc2o1. The Morgan fingerprint density at radius 3 is 2.62 bits per heavy atom. The summed E-state index contributed by atoms with van der Waals surface area (Å²) in [6, 6.07) is 3.83. The summed E-state index contributed by atoms with van der Waals surface area (Å²) in [6.07, 6.45) is -3.35. The van der Waals surface area contributed by atoms with E-state index in [0.29, 0.717) is 36.6 Å².